The van der Waals surface area contributed by atoms with Gasteiger partial charge in [0, 0.05) is 12.6 Å². The number of halogens is 2. The van der Waals surface area contributed by atoms with E-state index in [4.69, 9.17) is 17.3 Å². The van der Waals surface area contributed by atoms with Gasteiger partial charge in [0.1, 0.15) is 5.82 Å². The van der Waals surface area contributed by atoms with Gasteiger partial charge in [-0.05, 0) is 24.7 Å². The predicted molar refractivity (Wildman–Crippen MR) is 52.3 cm³/mol. The summed E-state index contributed by atoms with van der Waals surface area (Å²) in [5.74, 6) is -0.405. The first-order valence-corrected chi connectivity index (χ1v) is 4.39. The number of likely N-dealkylation sites (N-methyl/N-ethyl adjacent to an activating group) is 1. The van der Waals surface area contributed by atoms with Gasteiger partial charge >= 0.3 is 0 Å². The molecule has 13 heavy (non-hydrogen) atoms. The standard InChI is InChI=1S/C9H12ClFN2/c1-13-9(5-12)6-2-3-8(11)7(10)4-6/h2-4,9,13H,5,12H2,1H3. The molecule has 1 aromatic carbocycles. The SMILES string of the molecule is CNC(CN)c1ccc(F)c(Cl)c1. The van der Waals surface area contributed by atoms with E-state index in [1.54, 1.807) is 19.2 Å². The second kappa shape index (κ2) is 4.56. The number of hydrogen-bond donors (Lipinski definition) is 2. The second-order valence-corrected chi connectivity index (χ2v) is 3.16. The molecule has 3 N–H and O–H groups in total. The van der Waals surface area contributed by atoms with Crippen molar-refractivity contribution in [2.24, 2.45) is 5.73 Å². The van der Waals surface area contributed by atoms with Crippen LogP contribution in [0.25, 0.3) is 0 Å². The molecule has 0 saturated heterocycles. The van der Waals surface area contributed by atoms with Crippen molar-refractivity contribution < 1.29 is 4.39 Å². The van der Waals surface area contributed by atoms with E-state index in [1.165, 1.54) is 6.07 Å². The lowest BCUT2D eigenvalue weighted by Crippen LogP contribution is -2.24. The molecule has 1 aromatic rings. The van der Waals surface area contributed by atoms with Crippen molar-refractivity contribution in [3.05, 3.63) is 34.6 Å². The molecule has 72 valence electrons. The van der Waals surface area contributed by atoms with Gasteiger partial charge in [0.25, 0.3) is 0 Å². The van der Waals surface area contributed by atoms with Gasteiger partial charge in [0.05, 0.1) is 5.02 Å². The minimum absolute atomic E-state index is 0.0260. The summed E-state index contributed by atoms with van der Waals surface area (Å²) in [6, 6.07) is 4.63. The summed E-state index contributed by atoms with van der Waals surface area (Å²) in [4.78, 5) is 0. The highest BCUT2D eigenvalue weighted by atomic mass is 35.5. The Labute approximate surface area is 81.9 Å². The summed E-state index contributed by atoms with van der Waals surface area (Å²) < 4.78 is 12.8. The second-order valence-electron chi connectivity index (χ2n) is 2.75. The molecule has 0 heterocycles. The molecule has 0 aromatic heterocycles. The third-order valence-electron chi connectivity index (χ3n) is 1.93. The fourth-order valence-corrected chi connectivity index (χ4v) is 1.34. The van der Waals surface area contributed by atoms with Crippen molar-refractivity contribution in [1.82, 2.24) is 5.32 Å². The van der Waals surface area contributed by atoms with E-state index < -0.39 is 5.82 Å². The lowest BCUT2D eigenvalue weighted by Gasteiger charge is -2.14. The number of nitrogens with one attached hydrogen (secondary N) is 1. The zero-order valence-electron chi connectivity index (χ0n) is 7.35. The van der Waals surface area contributed by atoms with Crippen LogP contribution in [-0.4, -0.2) is 13.6 Å². The first kappa shape index (κ1) is 10.4. The normalized spacial score (nSPS) is 12.9. The number of nitrogens with two attached hydrogens (primary N) is 1. The lowest BCUT2D eigenvalue weighted by atomic mass is 10.1. The molecular formula is C9H12ClFN2. The Kier molecular flexibility index (Phi) is 3.66. The molecule has 4 heteroatoms. The Morgan fingerprint density at radius 1 is 1.62 bits per heavy atom. The van der Waals surface area contributed by atoms with E-state index in [2.05, 4.69) is 5.32 Å². The Bertz CT molecular complexity index is 287. The summed E-state index contributed by atoms with van der Waals surface area (Å²) in [6.07, 6.45) is 0. The van der Waals surface area contributed by atoms with Crippen LogP contribution in [0.15, 0.2) is 18.2 Å². The van der Waals surface area contributed by atoms with Crippen molar-refractivity contribution >= 4 is 11.6 Å². The van der Waals surface area contributed by atoms with Gasteiger partial charge < -0.3 is 11.1 Å². The molecule has 1 atom stereocenters. The quantitative estimate of drug-likeness (QED) is 0.783. The van der Waals surface area contributed by atoms with Gasteiger partial charge in [-0.15, -0.1) is 0 Å². The van der Waals surface area contributed by atoms with Crippen LogP contribution in [0, 0.1) is 5.82 Å². The van der Waals surface area contributed by atoms with Crippen molar-refractivity contribution in [1.29, 1.82) is 0 Å². The number of benzene rings is 1. The molecule has 0 radical (unpaired) electrons. The third kappa shape index (κ3) is 2.40. The molecular weight excluding hydrogens is 191 g/mol. The maximum absolute atomic E-state index is 12.8. The van der Waals surface area contributed by atoms with E-state index in [0.717, 1.165) is 5.56 Å². The highest BCUT2D eigenvalue weighted by molar-refractivity contribution is 6.30. The van der Waals surface area contributed by atoms with Crippen LogP contribution in [0.2, 0.25) is 5.02 Å². The average molecular weight is 203 g/mol. The van der Waals surface area contributed by atoms with Gasteiger partial charge in [-0.25, -0.2) is 4.39 Å². The van der Waals surface area contributed by atoms with E-state index in [-0.39, 0.29) is 11.1 Å². The Hall–Kier alpha value is -0.640. The van der Waals surface area contributed by atoms with Gasteiger partial charge in [0.15, 0.2) is 0 Å². The number of rotatable bonds is 3. The molecule has 0 amide bonds. The Morgan fingerprint density at radius 2 is 2.31 bits per heavy atom. The number of hydrogen-bond acceptors (Lipinski definition) is 2. The maximum atomic E-state index is 12.8. The average Bonchev–Trinajstić information content (AvgIpc) is 2.13. The predicted octanol–water partition coefficient (Wildman–Crippen LogP) is 1.70. The lowest BCUT2D eigenvalue weighted by molar-refractivity contribution is 0.597. The van der Waals surface area contributed by atoms with Crippen LogP contribution in [-0.2, 0) is 0 Å². The van der Waals surface area contributed by atoms with Crippen molar-refractivity contribution in [3.63, 3.8) is 0 Å². The fourth-order valence-electron chi connectivity index (χ4n) is 1.15. The summed E-state index contributed by atoms with van der Waals surface area (Å²) in [6.45, 7) is 0.457. The Balaban J connectivity index is 2.95. The van der Waals surface area contributed by atoms with Crippen LogP contribution < -0.4 is 11.1 Å². The van der Waals surface area contributed by atoms with Gasteiger partial charge in [-0.3, -0.25) is 0 Å². The largest absolute Gasteiger partial charge is 0.329 e. The first-order chi connectivity index (χ1) is 6.19. The highest BCUT2D eigenvalue weighted by Crippen LogP contribution is 2.19. The molecule has 0 aliphatic rings. The summed E-state index contributed by atoms with van der Waals surface area (Å²) in [7, 11) is 1.80. The van der Waals surface area contributed by atoms with Crippen molar-refractivity contribution in [3.8, 4) is 0 Å². The monoisotopic (exact) mass is 202 g/mol. The first-order valence-electron chi connectivity index (χ1n) is 4.01. The fraction of sp³-hybridized carbons (Fsp3) is 0.333. The zero-order chi connectivity index (χ0) is 9.84. The topological polar surface area (TPSA) is 38.0 Å². The minimum atomic E-state index is -0.405. The summed E-state index contributed by atoms with van der Waals surface area (Å²) in [5, 5.41) is 3.14. The van der Waals surface area contributed by atoms with E-state index in [0.29, 0.717) is 6.54 Å². The molecule has 0 spiro atoms. The van der Waals surface area contributed by atoms with Gasteiger partial charge in [-0.2, -0.15) is 0 Å². The van der Waals surface area contributed by atoms with Crippen LogP contribution in [0.3, 0.4) is 0 Å². The molecule has 1 rings (SSSR count). The van der Waals surface area contributed by atoms with Crippen molar-refractivity contribution in [2.75, 3.05) is 13.6 Å². The summed E-state index contributed by atoms with van der Waals surface area (Å²) >= 11 is 5.63. The van der Waals surface area contributed by atoms with Gasteiger partial charge in [-0.1, -0.05) is 17.7 Å². The smallest absolute Gasteiger partial charge is 0.141 e. The maximum Gasteiger partial charge on any atom is 0.141 e. The minimum Gasteiger partial charge on any atom is -0.329 e. The van der Waals surface area contributed by atoms with E-state index >= 15 is 0 Å². The highest BCUT2D eigenvalue weighted by Gasteiger charge is 2.08. The van der Waals surface area contributed by atoms with Crippen LogP contribution >= 0.6 is 11.6 Å². The van der Waals surface area contributed by atoms with Gasteiger partial charge in [0.2, 0.25) is 0 Å². The van der Waals surface area contributed by atoms with Crippen LogP contribution in [0.1, 0.15) is 11.6 Å². The van der Waals surface area contributed by atoms with Crippen LogP contribution in [0.4, 0.5) is 4.39 Å². The molecule has 2 nitrogen and oxygen atoms in total. The molecule has 0 aliphatic carbocycles. The van der Waals surface area contributed by atoms with E-state index in [9.17, 15) is 4.39 Å². The molecule has 0 bridgehead atoms. The van der Waals surface area contributed by atoms with E-state index in [1.807, 2.05) is 0 Å². The molecule has 0 fully saturated rings. The Morgan fingerprint density at radius 3 is 2.77 bits per heavy atom. The molecule has 0 saturated carbocycles. The summed E-state index contributed by atoms with van der Waals surface area (Å²) in [5.41, 5.74) is 6.40. The van der Waals surface area contributed by atoms with Crippen molar-refractivity contribution in [2.45, 2.75) is 6.04 Å². The molecule has 1 unspecified atom stereocenters. The molecule has 0 aliphatic heterocycles. The zero-order valence-corrected chi connectivity index (χ0v) is 8.11. The third-order valence-corrected chi connectivity index (χ3v) is 2.22. The van der Waals surface area contributed by atoms with Crippen LogP contribution in [0.5, 0.6) is 0 Å².